The van der Waals surface area contributed by atoms with E-state index in [4.69, 9.17) is 15.2 Å². The smallest absolute Gasteiger partial charge is 0.451 e. The van der Waals surface area contributed by atoms with Gasteiger partial charge in [-0.15, -0.1) is 4.99 Å². The summed E-state index contributed by atoms with van der Waals surface area (Å²) in [5.74, 6) is -0.184. The number of esters is 1. The highest BCUT2D eigenvalue weighted by Gasteiger charge is 2.46. The predicted molar refractivity (Wildman–Crippen MR) is 87.0 cm³/mol. The van der Waals surface area contributed by atoms with E-state index in [2.05, 4.69) is 4.99 Å². The van der Waals surface area contributed by atoms with Crippen molar-refractivity contribution in [1.82, 2.24) is 0 Å². The SMILES string of the molecule is C[N+]1(C2CCC(COC(=O)c3ccccc3)O2)C=CC(N)=NC1=O. The van der Waals surface area contributed by atoms with Crippen molar-refractivity contribution in [3.63, 3.8) is 0 Å². The Morgan fingerprint density at radius 1 is 1.38 bits per heavy atom. The van der Waals surface area contributed by atoms with Crippen LogP contribution in [0.15, 0.2) is 47.6 Å². The Morgan fingerprint density at radius 2 is 2.12 bits per heavy atom. The molecule has 2 amide bonds. The number of nitrogens with zero attached hydrogens (tertiary/aromatic N) is 2. The van der Waals surface area contributed by atoms with Crippen LogP contribution in [0.1, 0.15) is 23.2 Å². The molecule has 1 aromatic rings. The minimum absolute atomic E-state index is 0.0795. The van der Waals surface area contributed by atoms with Crippen molar-refractivity contribution < 1.29 is 23.5 Å². The van der Waals surface area contributed by atoms with Crippen LogP contribution in [-0.2, 0) is 9.47 Å². The average Bonchev–Trinajstić information content (AvgIpc) is 3.07. The third kappa shape index (κ3) is 3.22. The third-order valence-corrected chi connectivity index (χ3v) is 4.29. The Kier molecular flexibility index (Phi) is 4.46. The van der Waals surface area contributed by atoms with E-state index in [0.717, 1.165) is 0 Å². The minimum Gasteiger partial charge on any atom is -0.459 e. The van der Waals surface area contributed by atoms with E-state index in [1.807, 2.05) is 6.07 Å². The maximum absolute atomic E-state index is 12.2. The fraction of sp³-hybridized carbons (Fsp3) is 0.353. The van der Waals surface area contributed by atoms with Gasteiger partial charge in [0.25, 0.3) is 0 Å². The summed E-state index contributed by atoms with van der Waals surface area (Å²) in [6.07, 6.45) is 4.09. The Hall–Kier alpha value is -2.51. The van der Waals surface area contributed by atoms with Crippen molar-refractivity contribution in [1.29, 1.82) is 0 Å². The third-order valence-electron chi connectivity index (χ3n) is 4.29. The predicted octanol–water partition coefficient (Wildman–Crippen LogP) is 1.80. The number of hydrogen-bond donors (Lipinski definition) is 1. The van der Waals surface area contributed by atoms with Gasteiger partial charge >= 0.3 is 12.0 Å². The molecule has 2 N–H and O–H groups in total. The molecule has 0 aliphatic carbocycles. The quantitative estimate of drug-likeness (QED) is 0.671. The van der Waals surface area contributed by atoms with Crippen molar-refractivity contribution in [2.75, 3.05) is 13.7 Å². The second kappa shape index (κ2) is 6.54. The number of aliphatic imine (C=N–C) groups is 1. The van der Waals surface area contributed by atoms with Crippen LogP contribution in [0.2, 0.25) is 0 Å². The molecule has 1 aromatic carbocycles. The van der Waals surface area contributed by atoms with Crippen LogP contribution in [-0.4, -0.2) is 48.3 Å². The highest BCUT2D eigenvalue weighted by atomic mass is 16.6. The first kappa shape index (κ1) is 16.4. The molecule has 3 rings (SSSR count). The molecular formula is C17H20N3O4+. The molecule has 2 aliphatic rings. The summed E-state index contributed by atoms with van der Waals surface area (Å²) < 4.78 is 11.1. The number of quaternary nitrogens is 1. The van der Waals surface area contributed by atoms with Crippen molar-refractivity contribution >= 4 is 17.8 Å². The molecule has 1 saturated heterocycles. The molecule has 2 aliphatic heterocycles. The molecule has 24 heavy (non-hydrogen) atoms. The number of hydrogen-bond acceptors (Lipinski definition) is 5. The van der Waals surface area contributed by atoms with E-state index in [1.54, 1.807) is 43.6 Å². The lowest BCUT2D eigenvalue weighted by Crippen LogP contribution is -2.53. The van der Waals surface area contributed by atoms with Gasteiger partial charge in [-0.05, 0) is 18.6 Å². The summed E-state index contributed by atoms with van der Waals surface area (Å²) in [6.45, 7) is 0.160. The molecule has 7 heteroatoms. The largest absolute Gasteiger partial charge is 0.459 e. The molecule has 0 bridgehead atoms. The molecule has 3 unspecified atom stereocenters. The Bertz CT molecular complexity index is 701. The molecule has 1 fully saturated rings. The highest BCUT2D eigenvalue weighted by Crippen LogP contribution is 2.30. The fourth-order valence-electron chi connectivity index (χ4n) is 2.80. The van der Waals surface area contributed by atoms with Gasteiger partial charge in [0.15, 0.2) is 0 Å². The zero-order valence-corrected chi connectivity index (χ0v) is 13.4. The number of nitrogens with two attached hydrogens (primary N) is 1. The number of ether oxygens (including phenoxy) is 2. The topological polar surface area (TPSA) is 91.0 Å². The van der Waals surface area contributed by atoms with Crippen molar-refractivity contribution in [2.24, 2.45) is 10.7 Å². The van der Waals surface area contributed by atoms with E-state index in [0.29, 0.717) is 18.4 Å². The lowest BCUT2D eigenvalue weighted by molar-refractivity contribution is -0.830. The lowest BCUT2D eigenvalue weighted by Gasteiger charge is -2.32. The van der Waals surface area contributed by atoms with Gasteiger partial charge in [0.05, 0.1) is 18.7 Å². The van der Waals surface area contributed by atoms with Gasteiger partial charge in [-0.25, -0.2) is 9.59 Å². The summed E-state index contributed by atoms with van der Waals surface area (Å²) in [6, 6.07) is 8.44. The van der Waals surface area contributed by atoms with Crippen molar-refractivity contribution in [3.8, 4) is 0 Å². The highest BCUT2D eigenvalue weighted by molar-refractivity contribution is 5.99. The van der Waals surface area contributed by atoms with Gasteiger partial charge < -0.3 is 15.2 Å². The Labute approximate surface area is 139 Å². The van der Waals surface area contributed by atoms with Gasteiger partial charge in [0.2, 0.25) is 6.23 Å². The number of carbonyl (C=O) groups is 2. The fourth-order valence-corrected chi connectivity index (χ4v) is 2.80. The number of benzene rings is 1. The van der Waals surface area contributed by atoms with Gasteiger partial charge in [-0.2, -0.15) is 4.48 Å². The molecule has 0 spiro atoms. The van der Waals surface area contributed by atoms with E-state index in [-0.39, 0.29) is 41.3 Å². The van der Waals surface area contributed by atoms with Crippen LogP contribution < -0.4 is 5.73 Å². The number of rotatable bonds is 4. The van der Waals surface area contributed by atoms with E-state index >= 15 is 0 Å². The number of amidine groups is 1. The molecule has 2 heterocycles. The molecular weight excluding hydrogens is 310 g/mol. The average molecular weight is 330 g/mol. The molecule has 7 nitrogen and oxygen atoms in total. The number of urea groups is 1. The summed E-state index contributed by atoms with van der Waals surface area (Å²) >= 11 is 0. The number of amides is 2. The monoisotopic (exact) mass is 330 g/mol. The molecule has 126 valence electrons. The van der Waals surface area contributed by atoms with Crippen LogP contribution >= 0.6 is 0 Å². The first-order chi connectivity index (χ1) is 11.5. The summed E-state index contributed by atoms with van der Waals surface area (Å²) in [7, 11) is 1.73. The van der Waals surface area contributed by atoms with E-state index in [9.17, 15) is 9.59 Å². The summed E-state index contributed by atoms with van der Waals surface area (Å²) in [5, 5.41) is 0. The summed E-state index contributed by atoms with van der Waals surface area (Å²) in [4.78, 5) is 27.9. The molecule has 3 atom stereocenters. The maximum Gasteiger partial charge on any atom is 0.451 e. The van der Waals surface area contributed by atoms with Gasteiger partial charge in [0.1, 0.15) is 18.6 Å². The van der Waals surface area contributed by atoms with Gasteiger partial charge in [-0.3, -0.25) is 0 Å². The van der Waals surface area contributed by atoms with Crippen LogP contribution in [0, 0.1) is 0 Å². The second-order valence-corrected chi connectivity index (χ2v) is 6.04. The Morgan fingerprint density at radius 3 is 2.83 bits per heavy atom. The maximum atomic E-state index is 12.2. The van der Waals surface area contributed by atoms with Crippen molar-refractivity contribution in [3.05, 3.63) is 48.2 Å². The molecule has 0 radical (unpaired) electrons. The van der Waals surface area contributed by atoms with Crippen LogP contribution in [0.4, 0.5) is 4.79 Å². The van der Waals surface area contributed by atoms with Crippen LogP contribution in [0.25, 0.3) is 0 Å². The first-order valence-electron chi connectivity index (χ1n) is 7.80. The lowest BCUT2D eigenvalue weighted by atomic mass is 10.2. The molecule has 0 saturated carbocycles. The Balaban J connectivity index is 1.56. The second-order valence-electron chi connectivity index (χ2n) is 6.04. The van der Waals surface area contributed by atoms with Crippen LogP contribution in [0.5, 0.6) is 0 Å². The summed E-state index contributed by atoms with van der Waals surface area (Å²) in [5.41, 5.74) is 6.05. The van der Waals surface area contributed by atoms with Crippen molar-refractivity contribution in [2.45, 2.75) is 25.2 Å². The number of carbonyl (C=O) groups excluding carboxylic acids is 2. The normalized spacial score (nSPS) is 29.4. The standard InChI is InChI=1S/C17H19N3O4/c1-20(10-9-14(18)19-17(20)22)15-8-7-13(24-15)11-23-16(21)12-5-3-2-4-6-12/h2-6,9-10,13,15H,7-8,11H2,1H3,(H-,18,19,22)/p+1. The minimum atomic E-state index is -0.380. The van der Waals surface area contributed by atoms with Gasteiger partial charge in [-0.1, -0.05) is 18.2 Å². The molecule has 0 aromatic heterocycles. The van der Waals surface area contributed by atoms with E-state index in [1.165, 1.54) is 0 Å². The van der Waals surface area contributed by atoms with E-state index < -0.39 is 0 Å². The zero-order chi connectivity index (χ0) is 17.2. The van der Waals surface area contributed by atoms with Gasteiger partial charge in [0, 0.05) is 12.5 Å². The van der Waals surface area contributed by atoms with Crippen LogP contribution in [0.3, 0.4) is 0 Å². The zero-order valence-electron chi connectivity index (χ0n) is 13.4. The first-order valence-corrected chi connectivity index (χ1v) is 7.80.